The monoisotopic (exact) mass is 404 g/mol. The smallest absolute Gasteiger partial charge is 0.196 e. The van der Waals surface area contributed by atoms with E-state index in [1.165, 1.54) is 5.56 Å². The van der Waals surface area contributed by atoms with Crippen LogP contribution < -0.4 is 0 Å². The zero-order valence-corrected chi connectivity index (χ0v) is 17.8. The summed E-state index contributed by atoms with van der Waals surface area (Å²) in [5.41, 5.74) is 3.18. The number of unbranched alkanes of at least 4 members (excludes halogenated alkanes) is 1. The number of rotatable bonds is 9. The molecule has 4 rings (SSSR count). The lowest BCUT2D eigenvalue weighted by molar-refractivity contribution is 0.602. The van der Waals surface area contributed by atoms with Gasteiger partial charge in [0.15, 0.2) is 11.6 Å². The van der Waals surface area contributed by atoms with Crippen LogP contribution >= 0.6 is 0 Å². The maximum atomic E-state index is 4.84. The SMILES string of the molecule is CCCCc1nc(C(C)CC)nn1Cc1ccc(-n2cccc2-c2nnn[nH]2)cc1. The Balaban J connectivity index is 1.56. The maximum Gasteiger partial charge on any atom is 0.196 e. The molecule has 0 aliphatic heterocycles. The van der Waals surface area contributed by atoms with Crippen molar-refractivity contribution in [3.8, 4) is 17.2 Å². The Hall–Kier alpha value is -3.29. The minimum absolute atomic E-state index is 0.381. The minimum Gasteiger partial charge on any atom is -0.314 e. The topological polar surface area (TPSA) is 90.1 Å². The molecular weight excluding hydrogens is 376 g/mol. The zero-order valence-electron chi connectivity index (χ0n) is 17.8. The summed E-state index contributed by atoms with van der Waals surface area (Å²) in [4.78, 5) is 4.84. The van der Waals surface area contributed by atoms with Gasteiger partial charge in [-0.05, 0) is 53.1 Å². The average molecular weight is 405 g/mol. The second kappa shape index (κ2) is 9.02. The van der Waals surface area contributed by atoms with Gasteiger partial charge in [0.25, 0.3) is 0 Å². The molecular formula is C22H28N8. The Morgan fingerprint density at radius 2 is 1.93 bits per heavy atom. The summed E-state index contributed by atoms with van der Waals surface area (Å²) in [6.45, 7) is 7.31. The first-order valence-corrected chi connectivity index (χ1v) is 10.6. The molecule has 0 amide bonds. The van der Waals surface area contributed by atoms with Crippen molar-refractivity contribution in [2.45, 2.75) is 58.9 Å². The van der Waals surface area contributed by atoms with Crippen molar-refractivity contribution >= 4 is 0 Å². The average Bonchev–Trinajstić information content (AvgIpc) is 3.52. The fraction of sp³-hybridized carbons (Fsp3) is 0.409. The maximum absolute atomic E-state index is 4.84. The van der Waals surface area contributed by atoms with E-state index in [1.54, 1.807) is 0 Å². The van der Waals surface area contributed by atoms with E-state index in [1.807, 2.05) is 18.3 Å². The highest BCUT2D eigenvalue weighted by Gasteiger charge is 2.15. The lowest BCUT2D eigenvalue weighted by Crippen LogP contribution is -2.07. The summed E-state index contributed by atoms with van der Waals surface area (Å²) in [6.07, 6.45) is 6.30. The second-order valence-corrected chi connectivity index (χ2v) is 7.64. The highest BCUT2D eigenvalue weighted by Crippen LogP contribution is 2.21. The van der Waals surface area contributed by atoms with Crippen molar-refractivity contribution in [1.82, 2.24) is 40.0 Å². The molecule has 1 unspecified atom stereocenters. The van der Waals surface area contributed by atoms with Gasteiger partial charge in [0.05, 0.1) is 12.2 Å². The molecule has 1 aromatic carbocycles. The first kappa shape index (κ1) is 20.0. The number of tetrazole rings is 1. The van der Waals surface area contributed by atoms with Crippen molar-refractivity contribution in [1.29, 1.82) is 0 Å². The van der Waals surface area contributed by atoms with Crippen molar-refractivity contribution in [3.63, 3.8) is 0 Å². The molecule has 1 N–H and O–H groups in total. The van der Waals surface area contributed by atoms with Crippen molar-refractivity contribution in [2.75, 3.05) is 0 Å². The number of nitrogens with zero attached hydrogens (tertiary/aromatic N) is 7. The highest BCUT2D eigenvalue weighted by molar-refractivity contribution is 5.54. The van der Waals surface area contributed by atoms with Crippen LogP contribution in [-0.4, -0.2) is 40.0 Å². The van der Waals surface area contributed by atoms with E-state index >= 15 is 0 Å². The Kier molecular flexibility index (Phi) is 6.02. The molecule has 0 spiro atoms. The van der Waals surface area contributed by atoms with E-state index in [2.05, 4.69) is 74.9 Å². The number of aryl methyl sites for hydroxylation is 1. The molecule has 4 aromatic rings. The predicted molar refractivity (Wildman–Crippen MR) is 115 cm³/mol. The molecule has 3 aromatic heterocycles. The Morgan fingerprint density at radius 1 is 1.10 bits per heavy atom. The molecule has 0 saturated heterocycles. The normalized spacial score (nSPS) is 12.4. The molecule has 0 fully saturated rings. The van der Waals surface area contributed by atoms with E-state index < -0.39 is 0 Å². The van der Waals surface area contributed by atoms with Crippen LogP contribution in [0.25, 0.3) is 17.2 Å². The number of benzene rings is 1. The highest BCUT2D eigenvalue weighted by atomic mass is 15.5. The van der Waals surface area contributed by atoms with E-state index in [0.29, 0.717) is 11.7 Å². The van der Waals surface area contributed by atoms with Crippen LogP contribution in [0.3, 0.4) is 0 Å². The Labute approximate surface area is 176 Å². The number of H-pyrrole nitrogens is 1. The molecule has 30 heavy (non-hydrogen) atoms. The van der Waals surface area contributed by atoms with Gasteiger partial charge in [-0.25, -0.2) is 14.8 Å². The largest absolute Gasteiger partial charge is 0.314 e. The zero-order chi connectivity index (χ0) is 20.9. The number of aromatic nitrogens is 8. The Bertz CT molecular complexity index is 1060. The van der Waals surface area contributed by atoms with Crippen molar-refractivity contribution < 1.29 is 0 Å². The molecule has 8 heteroatoms. The van der Waals surface area contributed by atoms with Crippen LogP contribution in [0.1, 0.15) is 63.2 Å². The van der Waals surface area contributed by atoms with E-state index in [0.717, 1.165) is 55.3 Å². The van der Waals surface area contributed by atoms with Crippen LogP contribution in [0.15, 0.2) is 42.6 Å². The van der Waals surface area contributed by atoms with Gasteiger partial charge in [0.2, 0.25) is 0 Å². The summed E-state index contributed by atoms with van der Waals surface area (Å²) in [6, 6.07) is 12.5. The third kappa shape index (κ3) is 4.17. The fourth-order valence-corrected chi connectivity index (χ4v) is 3.43. The number of aromatic amines is 1. The number of nitrogens with one attached hydrogen (secondary N) is 1. The van der Waals surface area contributed by atoms with Crippen LogP contribution in [0.4, 0.5) is 0 Å². The van der Waals surface area contributed by atoms with Gasteiger partial charge in [-0.3, -0.25) is 0 Å². The standard InChI is InChI=1S/C22H28N8/c1-4-6-9-20-23-21(16(3)5-2)26-30(20)15-17-10-12-18(13-11-17)29-14-7-8-19(29)22-24-27-28-25-22/h7-8,10-14,16H,4-6,9,15H2,1-3H3,(H,24,25,27,28). The fourth-order valence-electron chi connectivity index (χ4n) is 3.43. The van der Waals surface area contributed by atoms with Crippen LogP contribution in [0.5, 0.6) is 0 Å². The van der Waals surface area contributed by atoms with Crippen LogP contribution in [0.2, 0.25) is 0 Å². The molecule has 0 radical (unpaired) electrons. The summed E-state index contributed by atoms with van der Waals surface area (Å²) >= 11 is 0. The van der Waals surface area contributed by atoms with Gasteiger partial charge in [0.1, 0.15) is 5.82 Å². The van der Waals surface area contributed by atoms with Gasteiger partial charge < -0.3 is 4.57 Å². The number of hydrogen-bond acceptors (Lipinski definition) is 5. The second-order valence-electron chi connectivity index (χ2n) is 7.64. The first-order valence-electron chi connectivity index (χ1n) is 10.6. The third-order valence-electron chi connectivity index (χ3n) is 5.46. The van der Waals surface area contributed by atoms with Gasteiger partial charge in [0, 0.05) is 24.2 Å². The lowest BCUT2D eigenvalue weighted by atomic mass is 10.1. The molecule has 0 aliphatic carbocycles. The van der Waals surface area contributed by atoms with E-state index in [4.69, 9.17) is 10.1 Å². The van der Waals surface area contributed by atoms with Crippen molar-refractivity contribution in [3.05, 3.63) is 59.8 Å². The molecule has 0 aliphatic rings. The van der Waals surface area contributed by atoms with Gasteiger partial charge >= 0.3 is 0 Å². The molecule has 8 nitrogen and oxygen atoms in total. The van der Waals surface area contributed by atoms with Crippen LogP contribution in [0, 0.1) is 0 Å². The first-order chi connectivity index (χ1) is 14.7. The number of hydrogen-bond donors (Lipinski definition) is 1. The molecule has 156 valence electrons. The van der Waals surface area contributed by atoms with E-state index in [9.17, 15) is 0 Å². The lowest BCUT2D eigenvalue weighted by Gasteiger charge is -2.10. The van der Waals surface area contributed by atoms with Gasteiger partial charge in [-0.2, -0.15) is 5.10 Å². The minimum atomic E-state index is 0.381. The Morgan fingerprint density at radius 3 is 2.63 bits per heavy atom. The molecule has 1 atom stereocenters. The van der Waals surface area contributed by atoms with E-state index in [-0.39, 0.29) is 0 Å². The quantitative estimate of drug-likeness (QED) is 0.452. The van der Waals surface area contributed by atoms with Crippen LogP contribution in [-0.2, 0) is 13.0 Å². The molecule has 0 bridgehead atoms. The van der Waals surface area contributed by atoms with Gasteiger partial charge in [-0.15, -0.1) is 5.10 Å². The third-order valence-corrected chi connectivity index (χ3v) is 5.46. The molecule has 3 heterocycles. The summed E-state index contributed by atoms with van der Waals surface area (Å²) < 4.78 is 4.14. The summed E-state index contributed by atoms with van der Waals surface area (Å²) in [7, 11) is 0. The summed E-state index contributed by atoms with van der Waals surface area (Å²) in [5.74, 6) is 3.07. The predicted octanol–water partition coefficient (Wildman–Crippen LogP) is 4.15. The summed E-state index contributed by atoms with van der Waals surface area (Å²) in [5, 5.41) is 19.0. The molecule has 0 saturated carbocycles. The van der Waals surface area contributed by atoms with Gasteiger partial charge in [-0.1, -0.05) is 39.3 Å². The van der Waals surface area contributed by atoms with Crippen molar-refractivity contribution in [2.24, 2.45) is 0 Å².